The number of hydrogen-bond donors (Lipinski definition) is 4. The molecule has 0 fully saturated rings. The molecule has 0 saturated carbocycles. The molecule has 154 valence electrons. The monoisotopic (exact) mass is 686 g/mol. The van der Waals surface area contributed by atoms with Crippen LogP contribution in [0.1, 0.15) is 21.3 Å². The van der Waals surface area contributed by atoms with Crippen molar-refractivity contribution < 1.29 is 116 Å². The van der Waals surface area contributed by atoms with Gasteiger partial charge in [-0.05, 0) is 37.0 Å². The molecule has 0 heterocycles. The first-order valence-electron chi connectivity index (χ1n) is 6.03. The van der Waals surface area contributed by atoms with Gasteiger partial charge >= 0.3 is 10.7 Å². The Labute approximate surface area is 234 Å². The molecule has 11 nitrogen and oxygen atoms in total. The minimum absolute atomic E-state index is 0. The minimum atomic E-state index is -0.889. The van der Waals surface area contributed by atoms with Gasteiger partial charge in [0.05, 0.1) is 13.2 Å². The van der Waals surface area contributed by atoms with E-state index in [1.54, 1.807) is 13.8 Å². The zero-order valence-corrected chi connectivity index (χ0v) is 22.9. The van der Waals surface area contributed by atoms with E-state index in [9.17, 15) is 14.4 Å². The molecule has 4 amide bonds. The summed E-state index contributed by atoms with van der Waals surface area (Å²) in [6.07, 6.45) is 0. The Morgan fingerprint density at radius 2 is 1.07 bits per heavy atom. The molecule has 15 heteroatoms. The number of carbonyl (C=O) groups is 5. The fraction of sp³-hybridized carbons (Fsp3) is 0.417. The van der Waals surface area contributed by atoms with Crippen LogP contribution in [0.4, 0.5) is 14.4 Å². The van der Waals surface area contributed by atoms with Gasteiger partial charge in [0.15, 0.2) is 11.9 Å². The van der Waals surface area contributed by atoms with Crippen LogP contribution in [-0.4, -0.2) is 41.9 Å². The van der Waals surface area contributed by atoms with Gasteiger partial charge in [-0.3, -0.25) is 19.2 Å². The maximum atomic E-state index is 11.0. The molecule has 27 heavy (non-hydrogen) atoms. The SMILES string of the molecule is C.CCOC(=O)[CH-]NC(=O)N[CH-]C(=O)OCC.NC(N)=O.O=C(Cl)Cl.[Pr].[Pr]. The molecule has 0 spiro atoms. The van der Waals surface area contributed by atoms with Crippen LogP contribution in [0, 0.1) is 95.7 Å². The average Bonchev–Trinajstić information content (AvgIpc) is 2.42. The second-order valence-corrected chi connectivity index (χ2v) is 3.92. The van der Waals surface area contributed by atoms with Crippen LogP contribution in [0.25, 0.3) is 0 Å². The number of carbonyl (C=O) groups excluding carboxylic acids is 5. The first-order valence-corrected chi connectivity index (χ1v) is 6.79. The third kappa shape index (κ3) is 58.5. The third-order valence-corrected chi connectivity index (χ3v) is 1.22. The zero-order chi connectivity index (χ0) is 19.5. The van der Waals surface area contributed by atoms with Crippen molar-refractivity contribution in [2.24, 2.45) is 11.5 Å². The molecule has 0 aliphatic rings. The molecular formula is C12H22Cl2N4O7Pr2-2. The molecule has 0 aromatic rings. The molecule has 0 unspecified atom stereocenters. The topological polar surface area (TPSA) is 180 Å². The number of urea groups is 2. The maximum absolute atomic E-state index is 11.0. The molecule has 0 atom stereocenters. The Morgan fingerprint density at radius 3 is 1.26 bits per heavy atom. The standard InChI is InChI=1S/C9H14N2O5.CCl2O.CH4N2O.CH4.2Pr/c1-3-15-7(12)5-10-9(14)11-6-8(13)16-4-2;2*2-1(3)4;;;/h5-6H,3-4H2,1-2H3,(H2,10,11,14);;(H4,2,3,4);1H4;;/q-2;;;;;. The average molecular weight is 687 g/mol. The van der Waals surface area contributed by atoms with Crippen molar-refractivity contribution in [2.45, 2.75) is 21.3 Å². The maximum Gasteiger partial charge on any atom is 0.313 e. The van der Waals surface area contributed by atoms with Crippen LogP contribution in [-0.2, 0) is 19.1 Å². The zero-order valence-electron chi connectivity index (χ0n) is 14.0. The predicted molar refractivity (Wildman–Crippen MR) is 91.1 cm³/mol. The van der Waals surface area contributed by atoms with E-state index in [2.05, 4.69) is 54.8 Å². The Morgan fingerprint density at radius 1 is 0.852 bits per heavy atom. The second kappa shape index (κ2) is 30.9. The molecule has 0 aromatic carbocycles. The van der Waals surface area contributed by atoms with Gasteiger partial charge in [-0.25, -0.2) is 4.79 Å². The Balaban J connectivity index is -0.0000000853. The van der Waals surface area contributed by atoms with E-state index >= 15 is 0 Å². The number of hydrogen-bond acceptors (Lipinski definition) is 7. The Bertz CT molecular complexity index is 389. The number of primary amides is 2. The summed E-state index contributed by atoms with van der Waals surface area (Å²) in [6.45, 7) is 5.40. The van der Waals surface area contributed by atoms with Crippen LogP contribution in [0.2, 0.25) is 0 Å². The third-order valence-electron chi connectivity index (χ3n) is 1.22. The van der Waals surface area contributed by atoms with Gasteiger partial charge in [0.2, 0.25) is 0 Å². The summed E-state index contributed by atoms with van der Waals surface area (Å²) < 4.78 is 8.15. The van der Waals surface area contributed by atoms with Crippen molar-refractivity contribution >= 4 is 51.9 Å². The molecule has 0 rings (SSSR count). The van der Waals surface area contributed by atoms with Crippen LogP contribution >= 0.6 is 23.2 Å². The van der Waals surface area contributed by atoms with Crippen LogP contribution < -0.4 is 22.1 Å². The summed E-state index contributed by atoms with van der Waals surface area (Å²) in [6, 6.07) is -1.57. The largest absolute Gasteiger partial charge is 0.487 e. The van der Waals surface area contributed by atoms with Crippen LogP contribution in [0.15, 0.2) is 0 Å². The van der Waals surface area contributed by atoms with E-state index in [-0.39, 0.29) is 103 Å². The van der Waals surface area contributed by atoms with Crippen molar-refractivity contribution in [2.75, 3.05) is 13.2 Å². The van der Waals surface area contributed by atoms with Crippen molar-refractivity contribution in [3.05, 3.63) is 13.1 Å². The number of esters is 2. The summed E-state index contributed by atoms with van der Waals surface area (Å²) in [5.74, 6) is -1.34. The van der Waals surface area contributed by atoms with Crippen molar-refractivity contribution in [1.82, 2.24) is 10.6 Å². The number of ether oxygens (including phenoxy) is 2. The van der Waals surface area contributed by atoms with Crippen molar-refractivity contribution in [1.29, 1.82) is 0 Å². The van der Waals surface area contributed by atoms with Gasteiger partial charge in [-0.1, -0.05) is 7.43 Å². The smallest absolute Gasteiger partial charge is 0.313 e. The summed E-state index contributed by atoms with van der Waals surface area (Å²) in [5, 5.41) is 4.15. The van der Waals surface area contributed by atoms with E-state index in [1.165, 1.54) is 0 Å². The van der Waals surface area contributed by atoms with E-state index in [4.69, 9.17) is 9.59 Å². The predicted octanol–water partition coefficient (Wildman–Crippen LogP) is 0.979. The fourth-order valence-electron chi connectivity index (χ4n) is 0.658. The van der Waals surface area contributed by atoms with Crippen LogP contribution in [0.3, 0.4) is 0 Å². The molecule has 0 aliphatic carbocycles. The van der Waals surface area contributed by atoms with E-state index in [1.807, 2.05) is 0 Å². The first-order chi connectivity index (χ1) is 11.1. The van der Waals surface area contributed by atoms with Gasteiger partial charge in [0, 0.05) is 82.6 Å². The molecule has 0 aliphatic heterocycles. The molecule has 6 N–H and O–H groups in total. The van der Waals surface area contributed by atoms with E-state index in [0.717, 1.165) is 13.1 Å². The number of nitrogens with one attached hydrogen (secondary N) is 2. The van der Waals surface area contributed by atoms with Crippen molar-refractivity contribution in [3.63, 3.8) is 0 Å². The first kappa shape index (κ1) is 41.5. The normalized spacial score (nSPS) is 6.96. The second-order valence-electron chi connectivity index (χ2n) is 3.04. The van der Waals surface area contributed by atoms with E-state index < -0.39 is 28.7 Å². The van der Waals surface area contributed by atoms with Gasteiger partial charge in [0.1, 0.15) is 0 Å². The quantitative estimate of drug-likeness (QED) is 0.183. The van der Waals surface area contributed by atoms with Gasteiger partial charge in [-0.15, -0.1) is 0 Å². The van der Waals surface area contributed by atoms with E-state index in [0.29, 0.717) is 0 Å². The molecular weight excluding hydrogens is 665 g/mol. The summed E-state index contributed by atoms with van der Waals surface area (Å²) in [4.78, 5) is 50.5. The minimum Gasteiger partial charge on any atom is -0.487 e. The Hall–Kier alpha value is 0.197. The molecule has 2 radical (unpaired) electrons. The summed E-state index contributed by atoms with van der Waals surface area (Å²) in [5.41, 5.74) is 8.50. The van der Waals surface area contributed by atoms with Gasteiger partial charge < -0.3 is 31.6 Å². The van der Waals surface area contributed by atoms with Crippen LogP contribution in [0.5, 0.6) is 0 Å². The fourth-order valence-corrected chi connectivity index (χ4v) is 0.658. The van der Waals surface area contributed by atoms with Crippen molar-refractivity contribution in [3.8, 4) is 0 Å². The Kier molecular flexibility index (Phi) is 47.6. The number of rotatable bonds is 6. The number of nitrogens with two attached hydrogens (primary N) is 2. The van der Waals surface area contributed by atoms with Gasteiger partial charge in [0.25, 0.3) is 6.03 Å². The summed E-state index contributed by atoms with van der Waals surface area (Å²) >= 11 is 8.80. The molecule has 0 aromatic heterocycles. The van der Waals surface area contributed by atoms with Gasteiger partial charge in [-0.2, -0.15) is 13.1 Å². The number of halogens is 2. The number of amides is 4. The molecule has 0 bridgehead atoms. The summed E-state index contributed by atoms with van der Waals surface area (Å²) in [7, 11) is 0. The molecule has 0 saturated heterocycles.